The Bertz CT molecular complexity index is 428. The highest BCUT2D eigenvalue weighted by molar-refractivity contribution is 5.88. The molecule has 0 spiro atoms. The molecule has 12 heavy (non-hydrogen) atoms. The zero-order chi connectivity index (χ0) is 7.97. The summed E-state index contributed by atoms with van der Waals surface area (Å²) in [6.07, 6.45) is 3.16. The lowest BCUT2D eigenvalue weighted by atomic mass is 10.1. The molecule has 0 fully saturated rings. The predicted octanol–water partition coefficient (Wildman–Crippen LogP) is 2.14. The first-order valence-corrected chi connectivity index (χ1v) is 4.28. The van der Waals surface area contributed by atoms with Crippen LogP contribution >= 0.6 is 0 Å². The van der Waals surface area contributed by atoms with E-state index in [2.05, 4.69) is 28.5 Å². The minimum atomic E-state index is 1.08. The van der Waals surface area contributed by atoms with Gasteiger partial charge in [0.05, 0.1) is 0 Å². The summed E-state index contributed by atoms with van der Waals surface area (Å²) >= 11 is 0. The summed E-state index contributed by atoms with van der Waals surface area (Å²) in [5.41, 5.74) is 4.02. The summed E-state index contributed by atoms with van der Waals surface area (Å²) in [4.78, 5) is 3.22. The van der Waals surface area contributed by atoms with Crippen LogP contribution in [0.3, 0.4) is 0 Å². The fraction of sp³-hybridized carbons (Fsp3) is 0.200. The van der Waals surface area contributed by atoms with Crippen molar-refractivity contribution in [2.45, 2.75) is 6.42 Å². The van der Waals surface area contributed by atoms with Crippen LogP contribution in [0.5, 0.6) is 0 Å². The molecule has 0 saturated heterocycles. The Morgan fingerprint density at radius 2 is 2.17 bits per heavy atom. The molecule has 2 aromatic rings. The second-order valence-electron chi connectivity index (χ2n) is 3.21. The molecule has 1 aromatic carbocycles. The van der Waals surface area contributed by atoms with Crippen molar-refractivity contribution < 1.29 is 0 Å². The molecule has 2 nitrogen and oxygen atoms in total. The Hall–Kier alpha value is -1.44. The normalized spacial score (nSPS) is 14.7. The first kappa shape index (κ1) is 6.12. The van der Waals surface area contributed by atoms with Crippen molar-refractivity contribution in [2.75, 3.05) is 11.9 Å². The molecular weight excluding hydrogens is 148 g/mol. The molecule has 0 bridgehead atoms. The largest absolute Gasteiger partial charge is 0.384 e. The van der Waals surface area contributed by atoms with Crippen LogP contribution in [-0.4, -0.2) is 11.5 Å². The minimum Gasteiger partial charge on any atom is -0.384 e. The van der Waals surface area contributed by atoms with Gasteiger partial charge in [-0.3, -0.25) is 0 Å². The van der Waals surface area contributed by atoms with Gasteiger partial charge in [0.1, 0.15) is 0 Å². The molecule has 60 valence electrons. The van der Waals surface area contributed by atoms with Gasteiger partial charge in [-0.15, -0.1) is 0 Å². The van der Waals surface area contributed by atoms with Crippen LogP contribution in [0.1, 0.15) is 5.56 Å². The first-order chi connectivity index (χ1) is 5.95. The average molecular weight is 158 g/mol. The SMILES string of the molecule is c1cc2c3c(ccc2[nH]1)NCC3. The quantitative estimate of drug-likeness (QED) is 0.604. The summed E-state index contributed by atoms with van der Waals surface area (Å²) in [7, 11) is 0. The molecule has 1 aromatic heterocycles. The van der Waals surface area contributed by atoms with E-state index in [1.54, 1.807) is 0 Å². The van der Waals surface area contributed by atoms with Crippen LogP contribution in [0.25, 0.3) is 10.9 Å². The lowest BCUT2D eigenvalue weighted by molar-refractivity contribution is 1.11. The van der Waals surface area contributed by atoms with E-state index in [4.69, 9.17) is 0 Å². The number of benzene rings is 1. The van der Waals surface area contributed by atoms with E-state index in [0.29, 0.717) is 0 Å². The molecular formula is C10H10N2. The molecule has 0 unspecified atom stereocenters. The maximum atomic E-state index is 3.37. The number of hydrogen-bond donors (Lipinski definition) is 2. The molecule has 2 heteroatoms. The van der Waals surface area contributed by atoms with Crippen molar-refractivity contribution in [1.82, 2.24) is 4.98 Å². The van der Waals surface area contributed by atoms with Gasteiger partial charge >= 0.3 is 0 Å². The molecule has 0 atom stereocenters. The van der Waals surface area contributed by atoms with Crippen LogP contribution < -0.4 is 5.32 Å². The Labute approximate surface area is 70.6 Å². The van der Waals surface area contributed by atoms with E-state index in [0.717, 1.165) is 13.0 Å². The summed E-state index contributed by atoms with van der Waals surface area (Å²) < 4.78 is 0. The van der Waals surface area contributed by atoms with Gasteiger partial charge in [-0.05, 0) is 30.2 Å². The van der Waals surface area contributed by atoms with E-state index in [1.165, 1.54) is 22.2 Å². The van der Waals surface area contributed by atoms with Crippen molar-refractivity contribution in [3.05, 3.63) is 30.0 Å². The highest BCUT2D eigenvalue weighted by Crippen LogP contribution is 2.29. The second kappa shape index (κ2) is 2.03. The first-order valence-electron chi connectivity index (χ1n) is 4.28. The van der Waals surface area contributed by atoms with E-state index in [-0.39, 0.29) is 0 Å². The summed E-state index contributed by atoms with van der Waals surface area (Å²) in [5, 5.41) is 4.74. The van der Waals surface area contributed by atoms with Crippen LogP contribution in [0.4, 0.5) is 5.69 Å². The van der Waals surface area contributed by atoms with Crippen molar-refractivity contribution in [1.29, 1.82) is 0 Å². The second-order valence-corrected chi connectivity index (χ2v) is 3.21. The van der Waals surface area contributed by atoms with Gasteiger partial charge in [0, 0.05) is 29.3 Å². The Morgan fingerprint density at radius 3 is 3.17 bits per heavy atom. The van der Waals surface area contributed by atoms with E-state index in [1.807, 2.05) is 6.20 Å². The maximum Gasteiger partial charge on any atom is 0.0458 e. The molecule has 1 aliphatic heterocycles. The summed E-state index contributed by atoms with van der Waals surface area (Å²) in [5.74, 6) is 0. The van der Waals surface area contributed by atoms with Crippen LogP contribution in [-0.2, 0) is 6.42 Å². The Morgan fingerprint density at radius 1 is 1.17 bits per heavy atom. The molecule has 0 saturated carbocycles. The topological polar surface area (TPSA) is 27.8 Å². The van der Waals surface area contributed by atoms with Crippen molar-refractivity contribution in [3.8, 4) is 0 Å². The zero-order valence-corrected chi connectivity index (χ0v) is 6.72. The fourth-order valence-electron chi connectivity index (χ4n) is 1.95. The van der Waals surface area contributed by atoms with Crippen molar-refractivity contribution >= 4 is 16.6 Å². The molecule has 2 heterocycles. The summed E-state index contributed by atoms with van der Waals surface area (Å²) in [6, 6.07) is 6.44. The highest BCUT2D eigenvalue weighted by Gasteiger charge is 2.12. The standard InChI is InChI=1S/C10H10N2/c1-2-10-8(4-6-12-10)7-3-5-11-9(1)7/h1-3,5,11-12H,4,6H2. The lowest BCUT2D eigenvalue weighted by Gasteiger charge is -1.99. The number of fused-ring (bicyclic) bond motifs is 3. The van der Waals surface area contributed by atoms with Gasteiger partial charge < -0.3 is 10.3 Å². The van der Waals surface area contributed by atoms with E-state index >= 15 is 0 Å². The van der Waals surface area contributed by atoms with Crippen LogP contribution in [0.15, 0.2) is 24.4 Å². The van der Waals surface area contributed by atoms with Crippen molar-refractivity contribution in [2.24, 2.45) is 0 Å². The molecule has 0 amide bonds. The average Bonchev–Trinajstić information content (AvgIpc) is 2.71. The molecule has 0 aliphatic carbocycles. The van der Waals surface area contributed by atoms with Crippen LogP contribution in [0, 0.1) is 0 Å². The highest BCUT2D eigenvalue weighted by atomic mass is 14.9. The Balaban J connectivity index is 2.46. The van der Waals surface area contributed by atoms with Crippen LogP contribution in [0.2, 0.25) is 0 Å². The van der Waals surface area contributed by atoms with Gasteiger partial charge in [0.2, 0.25) is 0 Å². The van der Waals surface area contributed by atoms with E-state index in [9.17, 15) is 0 Å². The molecule has 3 rings (SSSR count). The molecule has 0 radical (unpaired) electrons. The zero-order valence-electron chi connectivity index (χ0n) is 6.72. The number of aromatic amines is 1. The molecule has 2 N–H and O–H groups in total. The summed E-state index contributed by atoms with van der Waals surface area (Å²) in [6.45, 7) is 1.08. The number of anilines is 1. The third kappa shape index (κ3) is 0.644. The van der Waals surface area contributed by atoms with Gasteiger partial charge in [-0.2, -0.15) is 0 Å². The maximum absolute atomic E-state index is 3.37. The Kier molecular flexibility index (Phi) is 1.04. The van der Waals surface area contributed by atoms with E-state index < -0.39 is 0 Å². The smallest absolute Gasteiger partial charge is 0.0458 e. The third-order valence-electron chi connectivity index (χ3n) is 2.54. The lowest BCUT2D eigenvalue weighted by Crippen LogP contribution is -1.90. The van der Waals surface area contributed by atoms with Gasteiger partial charge in [-0.1, -0.05) is 0 Å². The van der Waals surface area contributed by atoms with Gasteiger partial charge in [0.15, 0.2) is 0 Å². The van der Waals surface area contributed by atoms with Gasteiger partial charge in [0.25, 0.3) is 0 Å². The predicted molar refractivity (Wildman–Crippen MR) is 50.5 cm³/mol. The molecule has 1 aliphatic rings. The number of aromatic nitrogens is 1. The fourth-order valence-corrected chi connectivity index (χ4v) is 1.95. The third-order valence-corrected chi connectivity index (χ3v) is 2.54. The number of rotatable bonds is 0. The number of hydrogen-bond acceptors (Lipinski definition) is 1. The van der Waals surface area contributed by atoms with Crippen molar-refractivity contribution in [3.63, 3.8) is 0 Å². The minimum absolute atomic E-state index is 1.08. The number of H-pyrrole nitrogens is 1. The number of nitrogens with one attached hydrogen (secondary N) is 2. The van der Waals surface area contributed by atoms with Gasteiger partial charge in [-0.25, -0.2) is 0 Å². The monoisotopic (exact) mass is 158 g/mol.